The van der Waals surface area contributed by atoms with E-state index < -0.39 is 0 Å². The highest BCUT2D eigenvalue weighted by Crippen LogP contribution is 2.48. The minimum absolute atomic E-state index is 0.00997. The van der Waals surface area contributed by atoms with Crippen LogP contribution in [0, 0.1) is 5.92 Å². The highest BCUT2D eigenvalue weighted by Gasteiger charge is 2.46. The van der Waals surface area contributed by atoms with Gasteiger partial charge in [0.15, 0.2) is 0 Å². The molecule has 2 saturated carbocycles. The maximum atomic E-state index is 12.5. The Morgan fingerprint density at radius 3 is 2.79 bits per heavy atom. The molecule has 2 aliphatic carbocycles. The molecule has 0 radical (unpaired) electrons. The number of carbonyl (C=O) groups excluding carboxylic acids is 1. The van der Waals surface area contributed by atoms with E-state index in [0.717, 1.165) is 43.4 Å². The fourth-order valence-electron chi connectivity index (χ4n) is 4.06. The van der Waals surface area contributed by atoms with E-state index in [1.807, 2.05) is 24.3 Å². The lowest BCUT2D eigenvalue weighted by molar-refractivity contribution is -0.0356. The summed E-state index contributed by atoms with van der Waals surface area (Å²) in [7, 11) is 0. The van der Waals surface area contributed by atoms with E-state index >= 15 is 0 Å². The van der Waals surface area contributed by atoms with Gasteiger partial charge in [0, 0.05) is 24.6 Å². The molecule has 24 heavy (non-hydrogen) atoms. The molecule has 2 atom stereocenters. The summed E-state index contributed by atoms with van der Waals surface area (Å²) < 4.78 is 6.23. The standard InChI is InChI=1S/C19H26N2O3/c22-11-8-15(13-6-7-13)20-18(23)21-16-12-19(9-3-10-19)24-17-5-2-1-4-14(16)17/h1-2,4-5,13,15-16,22H,3,6-12H2,(H2,20,21,23)/t15-,16-/m1/s1. The van der Waals surface area contributed by atoms with Crippen molar-refractivity contribution in [3.63, 3.8) is 0 Å². The molecule has 2 fully saturated rings. The maximum absolute atomic E-state index is 12.5. The van der Waals surface area contributed by atoms with Gasteiger partial charge in [-0.15, -0.1) is 0 Å². The molecule has 5 heteroatoms. The lowest BCUT2D eigenvalue weighted by atomic mass is 9.73. The molecule has 1 aromatic rings. The van der Waals surface area contributed by atoms with Gasteiger partial charge in [0.25, 0.3) is 0 Å². The third kappa shape index (κ3) is 3.09. The minimum atomic E-state index is -0.128. The van der Waals surface area contributed by atoms with Gasteiger partial charge in [0.05, 0.1) is 6.04 Å². The highest BCUT2D eigenvalue weighted by atomic mass is 16.5. The van der Waals surface area contributed by atoms with E-state index in [4.69, 9.17) is 4.74 Å². The van der Waals surface area contributed by atoms with Crippen molar-refractivity contribution in [2.75, 3.05) is 6.61 Å². The first-order chi connectivity index (χ1) is 11.7. The van der Waals surface area contributed by atoms with E-state index in [1.165, 1.54) is 6.42 Å². The summed E-state index contributed by atoms with van der Waals surface area (Å²) in [6, 6.07) is 7.96. The van der Waals surface area contributed by atoms with Crippen LogP contribution in [0.15, 0.2) is 24.3 Å². The summed E-state index contributed by atoms with van der Waals surface area (Å²) in [4.78, 5) is 12.5. The lowest BCUT2D eigenvalue weighted by Gasteiger charge is -2.48. The molecule has 0 saturated heterocycles. The number of rotatable bonds is 5. The number of carbonyl (C=O) groups is 1. The maximum Gasteiger partial charge on any atom is 0.315 e. The van der Waals surface area contributed by atoms with E-state index in [0.29, 0.717) is 12.3 Å². The topological polar surface area (TPSA) is 70.6 Å². The van der Waals surface area contributed by atoms with Crippen molar-refractivity contribution in [3.05, 3.63) is 29.8 Å². The average molecular weight is 330 g/mol. The molecule has 1 heterocycles. The van der Waals surface area contributed by atoms with E-state index in [1.54, 1.807) is 0 Å². The van der Waals surface area contributed by atoms with Crippen molar-refractivity contribution in [1.29, 1.82) is 0 Å². The molecular formula is C19H26N2O3. The Bertz CT molecular complexity index is 610. The molecule has 1 aromatic carbocycles. The predicted molar refractivity (Wildman–Crippen MR) is 90.9 cm³/mol. The molecule has 0 bridgehead atoms. The summed E-state index contributed by atoms with van der Waals surface area (Å²) in [6.07, 6.45) is 7.09. The summed E-state index contributed by atoms with van der Waals surface area (Å²) in [5.74, 6) is 1.44. The van der Waals surface area contributed by atoms with Gasteiger partial charge in [-0.25, -0.2) is 4.79 Å². The number of urea groups is 1. The van der Waals surface area contributed by atoms with Crippen LogP contribution in [0.4, 0.5) is 4.79 Å². The molecule has 5 nitrogen and oxygen atoms in total. The van der Waals surface area contributed by atoms with Gasteiger partial charge in [-0.2, -0.15) is 0 Å². The second kappa shape index (κ2) is 6.28. The Morgan fingerprint density at radius 1 is 1.33 bits per heavy atom. The molecular weight excluding hydrogens is 304 g/mol. The molecule has 1 spiro atoms. The van der Waals surface area contributed by atoms with Crippen molar-refractivity contribution in [1.82, 2.24) is 10.6 Å². The number of nitrogens with one attached hydrogen (secondary N) is 2. The fourth-order valence-corrected chi connectivity index (χ4v) is 4.06. The number of hydrogen-bond acceptors (Lipinski definition) is 3. The van der Waals surface area contributed by atoms with Crippen LogP contribution in [0.3, 0.4) is 0 Å². The van der Waals surface area contributed by atoms with Crippen molar-refractivity contribution in [2.45, 2.75) is 62.6 Å². The van der Waals surface area contributed by atoms with Crippen LogP contribution in [0.1, 0.15) is 56.6 Å². The first kappa shape index (κ1) is 15.8. The number of hydrogen-bond donors (Lipinski definition) is 3. The molecule has 130 valence electrons. The van der Waals surface area contributed by atoms with Crippen LogP contribution < -0.4 is 15.4 Å². The first-order valence-corrected chi connectivity index (χ1v) is 9.15. The van der Waals surface area contributed by atoms with Crippen LogP contribution in [0.2, 0.25) is 0 Å². The van der Waals surface area contributed by atoms with E-state index in [9.17, 15) is 9.90 Å². The molecule has 3 aliphatic rings. The Balaban J connectivity index is 1.45. The number of aliphatic hydroxyl groups excluding tert-OH is 1. The van der Waals surface area contributed by atoms with E-state index in [-0.39, 0.29) is 30.3 Å². The van der Waals surface area contributed by atoms with Crippen LogP contribution in [0.5, 0.6) is 5.75 Å². The summed E-state index contributed by atoms with van der Waals surface area (Å²) in [6.45, 7) is 0.116. The van der Waals surface area contributed by atoms with Gasteiger partial charge in [-0.05, 0) is 50.5 Å². The van der Waals surface area contributed by atoms with Crippen molar-refractivity contribution in [2.24, 2.45) is 5.92 Å². The number of ether oxygens (including phenoxy) is 1. The number of para-hydroxylation sites is 1. The minimum Gasteiger partial charge on any atom is -0.487 e. The largest absolute Gasteiger partial charge is 0.487 e. The normalized spacial score (nSPS) is 25.1. The Morgan fingerprint density at radius 2 is 2.12 bits per heavy atom. The quantitative estimate of drug-likeness (QED) is 0.777. The van der Waals surface area contributed by atoms with Crippen molar-refractivity contribution >= 4 is 6.03 Å². The number of amides is 2. The Hall–Kier alpha value is -1.75. The predicted octanol–water partition coefficient (Wildman–Crippen LogP) is 2.89. The molecule has 2 amide bonds. The number of benzene rings is 1. The van der Waals surface area contributed by atoms with Crippen molar-refractivity contribution < 1.29 is 14.6 Å². The molecule has 0 aromatic heterocycles. The van der Waals surface area contributed by atoms with Crippen LogP contribution in [-0.4, -0.2) is 29.4 Å². The van der Waals surface area contributed by atoms with Gasteiger partial charge < -0.3 is 20.5 Å². The van der Waals surface area contributed by atoms with Crippen LogP contribution in [0.25, 0.3) is 0 Å². The summed E-state index contributed by atoms with van der Waals surface area (Å²) >= 11 is 0. The zero-order chi connectivity index (χ0) is 16.6. The second-order valence-electron chi connectivity index (χ2n) is 7.51. The van der Waals surface area contributed by atoms with Crippen LogP contribution in [-0.2, 0) is 0 Å². The molecule has 3 N–H and O–H groups in total. The highest BCUT2D eigenvalue weighted by molar-refractivity contribution is 5.75. The summed E-state index contributed by atoms with van der Waals surface area (Å²) in [5, 5.41) is 15.4. The molecule has 4 rings (SSSR count). The zero-order valence-electron chi connectivity index (χ0n) is 14.0. The first-order valence-electron chi connectivity index (χ1n) is 9.15. The van der Waals surface area contributed by atoms with Gasteiger partial charge in [0.1, 0.15) is 11.4 Å². The fraction of sp³-hybridized carbons (Fsp3) is 0.632. The zero-order valence-corrected chi connectivity index (χ0v) is 14.0. The third-order valence-corrected chi connectivity index (χ3v) is 5.71. The second-order valence-corrected chi connectivity index (χ2v) is 7.51. The molecule has 0 unspecified atom stereocenters. The monoisotopic (exact) mass is 330 g/mol. The number of fused-ring (bicyclic) bond motifs is 1. The van der Waals surface area contributed by atoms with Gasteiger partial charge in [-0.3, -0.25) is 0 Å². The van der Waals surface area contributed by atoms with Gasteiger partial charge >= 0.3 is 6.03 Å². The smallest absolute Gasteiger partial charge is 0.315 e. The van der Waals surface area contributed by atoms with Crippen molar-refractivity contribution in [3.8, 4) is 5.75 Å². The lowest BCUT2D eigenvalue weighted by Crippen LogP contribution is -2.52. The SMILES string of the molecule is O=C(N[C@@H]1CC2(CCC2)Oc2ccccc21)N[C@H](CCO)C1CC1. The third-order valence-electron chi connectivity index (χ3n) is 5.71. The average Bonchev–Trinajstić information content (AvgIpc) is 3.37. The number of aliphatic hydroxyl groups is 1. The van der Waals surface area contributed by atoms with Gasteiger partial charge in [-0.1, -0.05) is 18.2 Å². The van der Waals surface area contributed by atoms with Crippen LogP contribution >= 0.6 is 0 Å². The Kier molecular flexibility index (Phi) is 4.12. The molecule has 1 aliphatic heterocycles. The van der Waals surface area contributed by atoms with Gasteiger partial charge in [0.2, 0.25) is 0 Å². The van der Waals surface area contributed by atoms with E-state index in [2.05, 4.69) is 10.6 Å². The Labute approximate surface area is 142 Å². The summed E-state index contributed by atoms with van der Waals surface area (Å²) in [5.41, 5.74) is 0.975.